The van der Waals surface area contributed by atoms with Crippen molar-refractivity contribution in [1.82, 2.24) is 5.32 Å². The summed E-state index contributed by atoms with van der Waals surface area (Å²) in [5.74, 6) is 0.744. The van der Waals surface area contributed by atoms with Gasteiger partial charge in [-0.05, 0) is 50.4 Å². The molecule has 1 aromatic rings. The first-order valence-electron chi connectivity index (χ1n) is 7.48. The fourth-order valence-electron chi connectivity index (χ4n) is 2.45. The molecule has 0 bridgehead atoms. The lowest BCUT2D eigenvalue weighted by molar-refractivity contribution is -0.0110. The normalized spacial score (nSPS) is 20.6. The Hall–Kier alpha value is -0.770. The monoisotopic (exact) mass is 297 g/mol. The van der Waals surface area contributed by atoms with E-state index in [0.717, 1.165) is 31.7 Å². The number of halogens is 1. The molecule has 0 spiro atoms. The van der Waals surface area contributed by atoms with Gasteiger partial charge in [-0.25, -0.2) is 0 Å². The summed E-state index contributed by atoms with van der Waals surface area (Å²) >= 11 is 6.30. The number of nitrogens with one attached hydrogen (secondary N) is 1. The molecular weight excluding hydrogens is 274 g/mol. The number of ether oxygens (including phenoxy) is 2. The van der Waals surface area contributed by atoms with E-state index in [-0.39, 0.29) is 6.10 Å². The molecule has 3 nitrogen and oxygen atoms in total. The van der Waals surface area contributed by atoms with Crippen LogP contribution >= 0.6 is 11.6 Å². The van der Waals surface area contributed by atoms with Crippen LogP contribution in [0.2, 0.25) is 5.02 Å². The lowest BCUT2D eigenvalue weighted by Gasteiger charge is -2.23. The van der Waals surface area contributed by atoms with Gasteiger partial charge in [-0.2, -0.15) is 0 Å². The summed E-state index contributed by atoms with van der Waals surface area (Å²) in [6.45, 7) is 6.60. The van der Waals surface area contributed by atoms with E-state index in [1.165, 1.54) is 12.0 Å². The van der Waals surface area contributed by atoms with Crippen molar-refractivity contribution in [3.05, 3.63) is 28.8 Å². The second-order valence-corrected chi connectivity index (χ2v) is 5.68. The summed E-state index contributed by atoms with van der Waals surface area (Å²) in [5, 5.41) is 4.04. The summed E-state index contributed by atoms with van der Waals surface area (Å²) in [5.41, 5.74) is 1.18. The maximum absolute atomic E-state index is 6.30. The molecule has 1 aliphatic heterocycles. The molecule has 2 atom stereocenters. The molecule has 1 saturated heterocycles. The van der Waals surface area contributed by atoms with Crippen molar-refractivity contribution in [2.75, 3.05) is 19.8 Å². The Bertz CT molecular complexity index is 419. The molecule has 1 aromatic carbocycles. The van der Waals surface area contributed by atoms with Crippen LogP contribution in [0.4, 0.5) is 0 Å². The van der Waals surface area contributed by atoms with Gasteiger partial charge in [0.1, 0.15) is 12.4 Å². The molecule has 1 N–H and O–H groups in total. The van der Waals surface area contributed by atoms with Crippen molar-refractivity contribution in [2.24, 2.45) is 0 Å². The first kappa shape index (κ1) is 15.6. The summed E-state index contributed by atoms with van der Waals surface area (Å²) < 4.78 is 11.4. The zero-order chi connectivity index (χ0) is 14.4. The maximum atomic E-state index is 6.30. The van der Waals surface area contributed by atoms with Crippen LogP contribution in [0.5, 0.6) is 5.75 Å². The minimum absolute atomic E-state index is 0.208. The third-order valence-corrected chi connectivity index (χ3v) is 3.96. The van der Waals surface area contributed by atoms with Crippen molar-refractivity contribution in [3.63, 3.8) is 0 Å². The molecule has 20 heavy (non-hydrogen) atoms. The van der Waals surface area contributed by atoms with Crippen LogP contribution in [0, 0.1) is 0 Å². The Labute approximate surface area is 126 Å². The van der Waals surface area contributed by atoms with Gasteiger partial charge in [0.25, 0.3) is 0 Å². The van der Waals surface area contributed by atoms with Crippen molar-refractivity contribution in [2.45, 2.75) is 45.3 Å². The summed E-state index contributed by atoms with van der Waals surface area (Å²) in [7, 11) is 0. The SMILES string of the molecule is CCNC(C)c1ccc(OCC2CCCCO2)c(Cl)c1. The molecule has 0 aliphatic carbocycles. The molecule has 1 fully saturated rings. The summed E-state index contributed by atoms with van der Waals surface area (Å²) in [6, 6.07) is 6.30. The Balaban J connectivity index is 1.91. The highest BCUT2D eigenvalue weighted by atomic mass is 35.5. The highest BCUT2D eigenvalue weighted by molar-refractivity contribution is 6.32. The van der Waals surface area contributed by atoms with E-state index in [4.69, 9.17) is 21.1 Å². The van der Waals surface area contributed by atoms with E-state index in [2.05, 4.69) is 25.2 Å². The summed E-state index contributed by atoms with van der Waals surface area (Å²) in [6.07, 6.45) is 3.67. The number of hydrogen-bond acceptors (Lipinski definition) is 3. The fraction of sp³-hybridized carbons (Fsp3) is 0.625. The van der Waals surface area contributed by atoms with E-state index in [1.807, 2.05) is 12.1 Å². The standard InChI is InChI=1S/C16H24ClNO2/c1-3-18-12(2)13-7-8-16(15(17)10-13)20-11-14-6-4-5-9-19-14/h7-8,10,12,14,18H,3-6,9,11H2,1-2H3. The molecule has 2 rings (SSSR count). The molecule has 1 aliphatic rings. The minimum atomic E-state index is 0.208. The number of hydrogen-bond donors (Lipinski definition) is 1. The molecule has 0 saturated carbocycles. The number of rotatable bonds is 6. The van der Waals surface area contributed by atoms with Crippen molar-refractivity contribution in [3.8, 4) is 5.75 Å². The van der Waals surface area contributed by atoms with E-state index < -0.39 is 0 Å². The first-order valence-corrected chi connectivity index (χ1v) is 7.85. The van der Waals surface area contributed by atoms with Crippen LogP contribution < -0.4 is 10.1 Å². The predicted molar refractivity (Wildman–Crippen MR) is 82.6 cm³/mol. The molecule has 2 unspecified atom stereocenters. The molecule has 1 heterocycles. The topological polar surface area (TPSA) is 30.5 Å². The zero-order valence-corrected chi connectivity index (χ0v) is 13.1. The van der Waals surface area contributed by atoms with Gasteiger partial charge in [-0.1, -0.05) is 24.6 Å². The van der Waals surface area contributed by atoms with Gasteiger partial charge in [-0.15, -0.1) is 0 Å². The molecule has 4 heteroatoms. The van der Waals surface area contributed by atoms with E-state index >= 15 is 0 Å². The van der Waals surface area contributed by atoms with Crippen LogP contribution in [-0.4, -0.2) is 25.9 Å². The fourth-order valence-corrected chi connectivity index (χ4v) is 2.69. The lowest BCUT2D eigenvalue weighted by Crippen LogP contribution is -2.25. The van der Waals surface area contributed by atoms with Crippen LogP contribution in [0.25, 0.3) is 0 Å². The summed E-state index contributed by atoms with van der Waals surface area (Å²) in [4.78, 5) is 0. The van der Waals surface area contributed by atoms with Crippen molar-refractivity contribution < 1.29 is 9.47 Å². The Morgan fingerprint density at radius 2 is 2.30 bits per heavy atom. The van der Waals surface area contributed by atoms with Gasteiger partial charge in [0, 0.05) is 12.6 Å². The van der Waals surface area contributed by atoms with Crippen LogP contribution in [0.1, 0.15) is 44.7 Å². The average molecular weight is 298 g/mol. The smallest absolute Gasteiger partial charge is 0.138 e. The van der Waals surface area contributed by atoms with Gasteiger partial charge in [0.05, 0.1) is 11.1 Å². The molecule has 112 valence electrons. The van der Waals surface area contributed by atoms with Crippen LogP contribution in [-0.2, 0) is 4.74 Å². The second kappa shape index (κ2) is 7.87. The van der Waals surface area contributed by atoms with Gasteiger partial charge in [0.15, 0.2) is 0 Å². The third kappa shape index (κ3) is 4.37. The average Bonchev–Trinajstić information content (AvgIpc) is 2.47. The van der Waals surface area contributed by atoms with Crippen LogP contribution in [0.15, 0.2) is 18.2 Å². The first-order chi connectivity index (χ1) is 9.70. The molecule has 0 amide bonds. The Morgan fingerprint density at radius 1 is 1.45 bits per heavy atom. The lowest BCUT2D eigenvalue weighted by atomic mass is 10.1. The minimum Gasteiger partial charge on any atom is -0.489 e. The third-order valence-electron chi connectivity index (χ3n) is 3.66. The van der Waals surface area contributed by atoms with E-state index in [0.29, 0.717) is 17.7 Å². The van der Waals surface area contributed by atoms with Gasteiger partial charge >= 0.3 is 0 Å². The Kier molecular flexibility index (Phi) is 6.14. The second-order valence-electron chi connectivity index (χ2n) is 5.27. The van der Waals surface area contributed by atoms with E-state index in [9.17, 15) is 0 Å². The van der Waals surface area contributed by atoms with E-state index in [1.54, 1.807) is 0 Å². The molecular formula is C16H24ClNO2. The molecule has 0 radical (unpaired) electrons. The zero-order valence-electron chi connectivity index (χ0n) is 12.3. The van der Waals surface area contributed by atoms with Gasteiger partial charge in [0.2, 0.25) is 0 Å². The quantitative estimate of drug-likeness (QED) is 0.862. The highest BCUT2D eigenvalue weighted by Crippen LogP contribution is 2.28. The van der Waals surface area contributed by atoms with Gasteiger partial charge < -0.3 is 14.8 Å². The van der Waals surface area contributed by atoms with Crippen molar-refractivity contribution in [1.29, 1.82) is 0 Å². The van der Waals surface area contributed by atoms with Gasteiger partial charge in [-0.3, -0.25) is 0 Å². The number of benzene rings is 1. The largest absolute Gasteiger partial charge is 0.489 e. The Morgan fingerprint density at radius 3 is 2.95 bits per heavy atom. The predicted octanol–water partition coefficient (Wildman–Crippen LogP) is 3.96. The molecule has 0 aromatic heterocycles. The maximum Gasteiger partial charge on any atom is 0.138 e. The van der Waals surface area contributed by atoms with Crippen molar-refractivity contribution >= 4 is 11.6 Å². The highest BCUT2D eigenvalue weighted by Gasteiger charge is 2.15. The van der Waals surface area contributed by atoms with Crippen LogP contribution in [0.3, 0.4) is 0 Å².